The molecule has 1 heterocycles. The van der Waals surface area contributed by atoms with Crippen LogP contribution in [0, 0.1) is 5.92 Å². The van der Waals surface area contributed by atoms with Crippen molar-refractivity contribution in [3.63, 3.8) is 0 Å². The average Bonchev–Trinajstić information content (AvgIpc) is 2.87. The van der Waals surface area contributed by atoms with Gasteiger partial charge in [0.25, 0.3) is 5.91 Å². The highest BCUT2D eigenvalue weighted by Gasteiger charge is 2.20. The Morgan fingerprint density at radius 1 is 1.50 bits per heavy atom. The van der Waals surface area contributed by atoms with Gasteiger partial charge in [-0.3, -0.25) is 4.79 Å². The number of amides is 1. The van der Waals surface area contributed by atoms with E-state index < -0.39 is 0 Å². The minimum Gasteiger partial charge on any atom is -0.347 e. The molecule has 1 aliphatic rings. The molecule has 1 aromatic rings. The fourth-order valence-electron chi connectivity index (χ4n) is 2.48. The largest absolute Gasteiger partial charge is 0.347 e. The molecule has 1 unspecified atom stereocenters. The van der Waals surface area contributed by atoms with Gasteiger partial charge in [-0.15, -0.1) is 11.3 Å². The van der Waals surface area contributed by atoms with Crippen LogP contribution in [0.5, 0.6) is 0 Å². The van der Waals surface area contributed by atoms with Gasteiger partial charge in [0.15, 0.2) is 0 Å². The molecule has 2 rings (SSSR count). The van der Waals surface area contributed by atoms with Crippen molar-refractivity contribution in [1.82, 2.24) is 5.32 Å². The minimum atomic E-state index is 0.0468. The molecule has 1 atom stereocenters. The molecule has 100 valence electrons. The van der Waals surface area contributed by atoms with Crippen molar-refractivity contribution in [2.45, 2.75) is 45.6 Å². The van der Waals surface area contributed by atoms with Crippen LogP contribution in [-0.2, 0) is 12.8 Å². The molecule has 3 N–H and O–H groups in total. The van der Waals surface area contributed by atoms with E-state index >= 15 is 0 Å². The first kappa shape index (κ1) is 13.6. The monoisotopic (exact) mass is 266 g/mol. The summed E-state index contributed by atoms with van der Waals surface area (Å²) in [5.41, 5.74) is 7.08. The molecule has 0 aliphatic heterocycles. The Balaban J connectivity index is 1.97. The SMILES string of the molecule is CC(C)CC(CN)NC(=O)c1cc2c(s1)CCC2. The van der Waals surface area contributed by atoms with Gasteiger partial charge in [-0.05, 0) is 43.2 Å². The smallest absolute Gasteiger partial charge is 0.261 e. The highest BCUT2D eigenvalue weighted by molar-refractivity contribution is 7.14. The van der Waals surface area contributed by atoms with Gasteiger partial charge in [-0.25, -0.2) is 0 Å². The van der Waals surface area contributed by atoms with Crippen molar-refractivity contribution in [2.24, 2.45) is 11.7 Å². The van der Waals surface area contributed by atoms with Crippen LogP contribution in [0.15, 0.2) is 6.07 Å². The molecule has 0 saturated heterocycles. The lowest BCUT2D eigenvalue weighted by Gasteiger charge is -2.18. The maximum absolute atomic E-state index is 12.1. The molecular weight excluding hydrogens is 244 g/mol. The fourth-order valence-corrected chi connectivity index (χ4v) is 3.64. The summed E-state index contributed by atoms with van der Waals surface area (Å²) in [7, 11) is 0. The number of thiophene rings is 1. The standard InChI is InChI=1S/C14H22N2OS/c1-9(2)6-11(8-15)16-14(17)13-7-10-4-3-5-12(10)18-13/h7,9,11H,3-6,8,15H2,1-2H3,(H,16,17). The number of carbonyl (C=O) groups is 1. The van der Waals surface area contributed by atoms with Gasteiger partial charge in [0, 0.05) is 17.5 Å². The molecule has 4 heteroatoms. The summed E-state index contributed by atoms with van der Waals surface area (Å²) in [6.07, 6.45) is 4.44. The Hall–Kier alpha value is -0.870. The summed E-state index contributed by atoms with van der Waals surface area (Å²) in [6, 6.07) is 2.15. The van der Waals surface area contributed by atoms with E-state index in [0.717, 1.165) is 24.1 Å². The number of nitrogens with one attached hydrogen (secondary N) is 1. The normalized spacial score (nSPS) is 15.8. The van der Waals surface area contributed by atoms with E-state index in [2.05, 4.69) is 25.2 Å². The molecule has 0 saturated carbocycles. The van der Waals surface area contributed by atoms with Gasteiger partial charge in [0.1, 0.15) is 0 Å². The maximum Gasteiger partial charge on any atom is 0.261 e. The van der Waals surface area contributed by atoms with Crippen LogP contribution in [0.25, 0.3) is 0 Å². The van der Waals surface area contributed by atoms with Crippen LogP contribution in [0.3, 0.4) is 0 Å². The number of nitrogens with two attached hydrogens (primary N) is 1. The van der Waals surface area contributed by atoms with E-state index in [1.54, 1.807) is 11.3 Å². The zero-order chi connectivity index (χ0) is 13.1. The third-order valence-electron chi connectivity index (χ3n) is 3.35. The van der Waals surface area contributed by atoms with E-state index in [-0.39, 0.29) is 11.9 Å². The zero-order valence-corrected chi connectivity index (χ0v) is 12.0. The lowest BCUT2D eigenvalue weighted by Crippen LogP contribution is -2.40. The molecule has 0 aromatic carbocycles. The van der Waals surface area contributed by atoms with E-state index in [0.29, 0.717) is 12.5 Å². The highest BCUT2D eigenvalue weighted by atomic mass is 32.1. The lowest BCUT2D eigenvalue weighted by molar-refractivity contribution is 0.0938. The van der Waals surface area contributed by atoms with Crippen LogP contribution in [0.2, 0.25) is 0 Å². The highest BCUT2D eigenvalue weighted by Crippen LogP contribution is 2.30. The molecule has 1 amide bonds. The van der Waals surface area contributed by atoms with Gasteiger partial charge in [-0.1, -0.05) is 13.8 Å². The number of hydrogen-bond acceptors (Lipinski definition) is 3. The lowest BCUT2D eigenvalue weighted by atomic mass is 10.0. The van der Waals surface area contributed by atoms with Gasteiger partial charge in [0.05, 0.1) is 4.88 Å². The Morgan fingerprint density at radius 2 is 2.28 bits per heavy atom. The second kappa shape index (κ2) is 5.85. The topological polar surface area (TPSA) is 55.1 Å². The molecule has 0 radical (unpaired) electrons. The summed E-state index contributed by atoms with van der Waals surface area (Å²) in [6.45, 7) is 4.80. The van der Waals surface area contributed by atoms with Crippen LogP contribution >= 0.6 is 11.3 Å². The van der Waals surface area contributed by atoms with Crippen molar-refractivity contribution in [3.8, 4) is 0 Å². The molecular formula is C14H22N2OS. The van der Waals surface area contributed by atoms with Gasteiger partial charge >= 0.3 is 0 Å². The van der Waals surface area contributed by atoms with E-state index in [4.69, 9.17) is 5.73 Å². The van der Waals surface area contributed by atoms with E-state index in [1.165, 1.54) is 16.9 Å². The summed E-state index contributed by atoms with van der Waals surface area (Å²) in [4.78, 5) is 14.4. The molecule has 1 aromatic heterocycles. The Labute approximate surface area is 113 Å². The average molecular weight is 266 g/mol. The Bertz CT molecular complexity index is 404. The molecule has 0 fully saturated rings. The second-order valence-corrected chi connectivity index (χ2v) is 6.59. The predicted octanol–water partition coefficient (Wildman–Crippen LogP) is 2.34. The first-order valence-electron chi connectivity index (χ1n) is 6.72. The van der Waals surface area contributed by atoms with Crippen LogP contribution in [0.4, 0.5) is 0 Å². The second-order valence-electron chi connectivity index (χ2n) is 5.45. The van der Waals surface area contributed by atoms with Crippen molar-refractivity contribution in [2.75, 3.05) is 6.54 Å². The molecule has 0 spiro atoms. The summed E-state index contributed by atoms with van der Waals surface area (Å²) in [5, 5.41) is 3.05. The van der Waals surface area contributed by atoms with E-state index in [9.17, 15) is 4.79 Å². The van der Waals surface area contributed by atoms with Crippen molar-refractivity contribution in [3.05, 3.63) is 21.4 Å². The first-order chi connectivity index (χ1) is 8.60. The number of aryl methyl sites for hydroxylation is 2. The van der Waals surface area contributed by atoms with E-state index in [1.807, 2.05) is 0 Å². The van der Waals surface area contributed by atoms with Crippen molar-refractivity contribution < 1.29 is 4.79 Å². The van der Waals surface area contributed by atoms with Crippen LogP contribution in [-0.4, -0.2) is 18.5 Å². The summed E-state index contributed by atoms with van der Waals surface area (Å²) >= 11 is 1.65. The summed E-state index contributed by atoms with van der Waals surface area (Å²) in [5.74, 6) is 0.595. The Kier molecular flexibility index (Phi) is 4.40. The third-order valence-corrected chi connectivity index (χ3v) is 4.58. The fraction of sp³-hybridized carbons (Fsp3) is 0.643. The maximum atomic E-state index is 12.1. The number of carbonyl (C=O) groups excluding carboxylic acids is 1. The molecule has 0 bridgehead atoms. The quantitative estimate of drug-likeness (QED) is 0.859. The third kappa shape index (κ3) is 3.12. The number of rotatable bonds is 5. The van der Waals surface area contributed by atoms with Crippen molar-refractivity contribution in [1.29, 1.82) is 0 Å². The number of hydrogen-bond donors (Lipinski definition) is 2. The van der Waals surface area contributed by atoms with Crippen LogP contribution in [0.1, 0.15) is 46.8 Å². The predicted molar refractivity (Wildman–Crippen MR) is 76.1 cm³/mol. The van der Waals surface area contributed by atoms with Gasteiger partial charge in [0.2, 0.25) is 0 Å². The van der Waals surface area contributed by atoms with Crippen LogP contribution < -0.4 is 11.1 Å². The summed E-state index contributed by atoms with van der Waals surface area (Å²) < 4.78 is 0. The molecule has 3 nitrogen and oxygen atoms in total. The minimum absolute atomic E-state index is 0.0468. The number of fused-ring (bicyclic) bond motifs is 1. The Morgan fingerprint density at radius 3 is 2.89 bits per heavy atom. The van der Waals surface area contributed by atoms with Gasteiger partial charge < -0.3 is 11.1 Å². The molecule has 1 aliphatic carbocycles. The van der Waals surface area contributed by atoms with Gasteiger partial charge in [-0.2, -0.15) is 0 Å². The van der Waals surface area contributed by atoms with Crippen molar-refractivity contribution >= 4 is 17.2 Å². The zero-order valence-electron chi connectivity index (χ0n) is 11.2. The first-order valence-corrected chi connectivity index (χ1v) is 7.54. The molecule has 18 heavy (non-hydrogen) atoms.